The molecule has 0 spiro atoms. The van der Waals surface area contributed by atoms with Crippen molar-refractivity contribution < 1.29 is 19.1 Å². The van der Waals surface area contributed by atoms with Crippen molar-refractivity contribution in [2.45, 2.75) is 79.2 Å². The second kappa shape index (κ2) is 11.3. The highest BCUT2D eigenvalue weighted by molar-refractivity contribution is 9.10. The molecule has 0 unspecified atom stereocenters. The fourth-order valence-corrected chi connectivity index (χ4v) is 6.81. The van der Waals surface area contributed by atoms with Crippen molar-refractivity contribution >= 4 is 27.5 Å². The lowest BCUT2D eigenvalue weighted by atomic mass is 9.64. The fourth-order valence-electron chi connectivity index (χ4n) is 6.54. The summed E-state index contributed by atoms with van der Waals surface area (Å²) in [7, 11) is 0. The summed E-state index contributed by atoms with van der Waals surface area (Å²) in [6.07, 6.45) is 4.86. The number of hydrogen-bond donors (Lipinski definition) is 1. The van der Waals surface area contributed by atoms with Gasteiger partial charge in [-0.2, -0.15) is 0 Å². The molecule has 0 aromatic heterocycles. The van der Waals surface area contributed by atoms with Crippen LogP contribution in [0.1, 0.15) is 82.9 Å². The van der Waals surface area contributed by atoms with Gasteiger partial charge in [0.2, 0.25) is 0 Å². The van der Waals surface area contributed by atoms with Gasteiger partial charge in [-0.05, 0) is 66.3 Å². The van der Waals surface area contributed by atoms with Crippen molar-refractivity contribution in [2.24, 2.45) is 10.8 Å². The lowest BCUT2D eigenvalue weighted by Gasteiger charge is -2.44. The van der Waals surface area contributed by atoms with Crippen LogP contribution in [-0.4, -0.2) is 18.2 Å². The maximum Gasteiger partial charge on any atom is 0.165 e. The molecule has 0 saturated heterocycles. The lowest BCUT2D eigenvalue weighted by Crippen LogP contribution is -2.42. The first kappa shape index (κ1) is 29.4. The van der Waals surface area contributed by atoms with Gasteiger partial charge >= 0.3 is 0 Å². The van der Waals surface area contributed by atoms with E-state index in [1.165, 1.54) is 0 Å². The van der Waals surface area contributed by atoms with Crippen molar-refractivity contribution in [3.63, 3.8) is 0 Å². The minimum absolute atomic E-state index is 0.108. The van der Waals surface area contributed by atoms with E-state index in [1.807, 2.05) is 43.3 Å². The average molecular weight is 619 g/mol. The molecule has 0 bridgehead atoms. The van der Waals surface area contributed by atoms with Crippen LogP contribution in [0, 0.1) is 10.8 Å². The van der Waals surface area contributed by atoms with Gasteiger partial charge in [-0.15, -0.1) is 6.58 Å². The molecule has 5 rings (SSSR count). The number of rotatable bonds is 8. The van der Waals surface area contributed by atoms with Gasteiger partial charge in [0.25, 0.3) is 0 Å². The van der Waals surface area contributed by atoms with Gasteiger partial charge < -0.3 is 14.8 Å². The monoisotopic (exact) mass is 617 g/mol. The van der Waals surface area contributed by atoms with Gasteiger partial charge in [-0.3, -0.25) is 9.59 Å². The molecule has 2 aliphatic carbocycles. The van der Waals surface area contributed by atoms with E-state index < -0.39 is 5.92 Å². The molecule has 216 valence electrons. The van der Waals surface area contributed by atoms with Crippen LogP contribution >= 0.6 is 15.9 Å². The number of nitrogens with one attached hydrogen (secondary N) is 1. The third kappa shape index (κ3) is 6.08. The van der Waals surface area contributed by atoms with E-state index in [9.17, 15) is 9.59 Å². The minimum atomic E-state index is -0.434. The predicted molar refractivity (Wildman–Crippen MR) is 166 cm³/mol. The molecular formula is C35H40BrNO4. The maximum atomic E-state index is 13.8. The van der Waals surface area contributed by atoms with Gasteiger partial charge in [0.15, 0.2) is 23.1 Å². The van der Waals surface area contributed by atoms with Crippen molar-refractivity contribution in [3.8, 4) is 11.5 Å². The zero-order valence-electron chi connectivity index (χ0n) is 24.8. The van der Waals surface area contributed by atoms with Gasteiger partial charge in [0, 0.05) is 51.3 Å². The van der Waals surface area contributed by atoms with Gasteiger partial charge in [0.1, 0.15) is 6.61 Å². The molecule has 2 aromatic carbocycles. The largest absolute Gasteiger partial charge is 0.490 e. The SMILES string of the molecule is C=CCc1cc(C2C3=C(CC(C)(C)CC3=O)NC3=C2C(=O)CC(C)(C)C3)cc(OCC)c1OCc1ccc(Br)cc1. The van der Waals surface area contributed by atoms with Crippen molar-refractivity contribution in [1.29, 1.82) is 0 Å². The standard InChI is InChI=1S/C35H40BrNO4/c1-7-9-22-14-23(15-29(40-8-2)33(22)41-20-21-10-12-24(36)13-11-21)30-31-25(16-34(3,4)18-27(31)38)37-26-17-35(5,6)19-28(39)32(26)30/h7,10-15,30,37H,1,8-9,16-20H2,2-6H3. The highest BCUT2D eigenvalue weighted by atomic mass is 79.9. The molecule has 6 heteroatoms. The topological polar surface area (TPSA) is 64.6 Å². The highest BCUT2D eigenvalue weighted by Gasteiger charge is 2.46. The van der Waals surface area contributed by atoms with E-state index in [1.54, 1.807) is 0 Å². The molecule has 0 amide bonds. The number of allylic oxidation sites excluding steroid dienone is 5. The van der Waals surface area contributed by atoms with Crippen molar-refractivity contribution in [2.75, 3.05) is 6.61 Å². The molecule has 2 aromatic rings. The summed E-state index contributed by atoms with van der Waals surface area (Å²) in [6.45, 7) is 15.3. The maximum absolute atomic E-state index is 13.8. The molecule has 0 radical (unpaired) electrons. The Kier molecular flexibility index (Phi) is 8.08. The molecular weight excluding hydrogens is 578 g/mol. The normalized spacial score (nSPS) is 19.9. The zero-order chi connectivity index (χ0) is 29.5. The first-order valence-electron chi connectivity index (χ1n) is 14.5. The van der Waals surface area contributed by atoms with Crippen LogP contribution in [0.4, 0.5) is 0 Å². The molecule has 0 atom stereocenters. The zero-order valence-corrected chi connectivity index (χ0v) is 26.4. The van der Waals surface area contributed by atoms with Crippen LogP contribution < -0.4 is 14.8 Å². The predicted octanol–water partition coefficient (Wildman–Crippen LogP) is 8.13. The summed E-state index contributed by atoms with van der Waals surface area (Å²) >= 11 is 3.49. The lowest BCUT2D eigenvalue weighted by molar-refractivity contribution is -0.119. The number of dihydropyridines is 1. The number of carbonyl (C=O) groups is 2. The number of ketones is 2. The third-order valence-corrected chi connectivity index (χ3v) is 8.70. The number of halogens is 1. The van der Waals surface area contributed by atoms with Gasteiger partial charge in [0.05, 0.1) is 6.61 Å². The van der Waals surface area contributed by atoms with Crippen LogP contribution in [0.15, 0.2) is 76.1 Å². The molecule has 3 aliphatic rings. The van der Waals surface area contributed by atoms with E-state index in [4.69, 9.17) is 9.47 Å². The van der Waals surface area contributed by atoms with Crippen molar-refractivity contribution in [3.05, 3.63) is 92.8 Å². The molecule has 0 saturated carbocycles. The molecule has 1 heterocycles. The number of benzene rings is 2. The first-order chi connectivity index (χ1) is 19.4. The molecule has 0 fully saturated rings. The third-order valence-electron chi connectivity index (χ3n) is 8.17. The summed E-state index contributed by atoms with van der Waals surface area (Å²) in [5.41, 5.74) is 5.94. The summed E-state index contributed by atoms with van der Waals surface area (Å²) in [5.74, 6) is 1.07. The van der Waals surface area contributed by atoms with E-state index in [0.29, 0.717) is 44.0 Å². The summed E-state index contributed by atoms with van der Waals surface area (Å²) in [4.78, 5) is 27.6. The second-order valence-electron chi connectivity index (χ2n) is 13.1. The first-order valence-corrected chi connectivity index (χ1v) is 15.3. The number of hydrogen-bond acceptors (Lipinski definition) is 5. The molecule has 5 nitrogen and oxygen atoms in total. The average Bonchev–Trinajstić information content (AvgIpc) is 2.86. The van der Waals surface area contributed by atoms with E-state index >= 15 is 0 Å². The number of ether oxygens (including phenoxy) is 2. The molecule has 1 aliphatic heterocycles. The Morgan fingerprint density at radius 1 is 0.927 bits per heavy atom. The minimum Gasteiger partial charge on any atom is -0.490 e. The van der Waals surface area contributed by atoms with E-state index in [0.717, 1.165) is 56.5 Å². The Morgan fingerprint density at radius 2 is 1.51 bits per heavy atom. The molecule has 41 heavy (non-hydrogen) atoms. The van der Waals surface area contributed by atoms with Crippen LogP contribution in [0.5, 0.6) is 11.5 Å². The van der Waals surface area contributed by atoms with Gasteiger partial charge in [-0.25, -0.2) is 0 Å². The van der Waals surface area contributed by atoms with Crippen molar-refractivity contribution in [1.82, 2.24) is 5.32 Å². The Bertz CT molecular complexity index is 1410. The van der Waals surface area contributed by atoms with Crippen LogP contribution in [-0.2, 0) is 22.6 Å². The Labute approximate surface area is 252 Å². The smallest absolute Gasteiger partial charge is 0.165 e. The molecule has 1 N–H and O–H groups in total. The second-order valence-corrected chi connectivity index (χ2v) is 14.0. The Morgan fingerprint density at radius 3 is 2.05 bits per heavy atom. The van der Waals surface area contributed by atoms with E-state index in [-0.39, 0.29) is 22.4 Å². The Hall–Kier alpha value is -3.12. The quantitative estimate of drug-likeness (QED) is 0.303. The van der Waals surface area contributed by atoms with Crippen LogP contribution in [0.3, 0.4) is 0 Å². The summed E-state index contributed by atoms with van der Waals surface area (Å²) in [6, 6.07) is 12.1. The summed E-state index contributed by atoms with van der Waals surface area (Å²) < 4.78 is 13.6. The fraction of sp³-hybridized carbons (Fsp3) is 0.429. The van der Waals surface area contributed by atoms with E-state index in [2.05, 4.69) is 61.6 Å². The highest BCUT2D eigenvalue weighted by Crippen LogP contribution is 2.52. The van der Waals surface area contributed by atoms with Crippen LogP contribution in [0.2, 0.25) is 0 Å². The number of Topliss-reactive ketones (excluding diaryl/α,β-unsaturated/α-hetero) is 2. The van der Waals surface area contributed by atoms with Crippen LogP contribution in [0.25, 0.3) is 0 Å². The number of carbonyl (C=O) groups excluding carboxylic acids is 2. The van der Waals surface area contributed by atoms with Gasteiger partial charge in [-0.1, -0.05) is 67.9 Å². The Balaban J connectivity index is 1.65. The summed E-state index contributed by atoms with van der Waals surface area (Å²) in [5, 5.41) is 3.60.